The first kappa shape index (κ1) is 16.1. The summed E-state index contributed by atoms with van der Waals surface area (Å²) in [6.07, 6.45) is 0.887. The zero-order chi connectivity index (χ0) is 13.9. The molecular weight excluding hydrogens is 268 g/mol. The normalized spacial score (nSPS) is 10.5. The maximum atomic E-state index is 5.88. The zero-order valence-electron chi connectivity index (χ0n) is 11.5. The van der Waals surface area contributed by atoms with Crippen molar-refractivity contribution in [3.8, 4) is 11.5 Å². The number of benzene rings is 1. The van der Waals surface area contributed by atoms with Crippen LogP contribution in [0.5, 0.6) is 11.5 Å². The van der Waals surface area contributed by atoms with Gasteiger partial charge >= 0.3 is 0 Å². The third-order valence-corrected chi connectivity index (χ3v) is 2.82. The van der Waals surface area contributed by atoms with Gasteiger partial charge in [-0.15, -0.1) is 11.6 Å². The highest BCUT2D eigenvalue weighted by Gasteiger charge is 2.09. The Morgan fingerprint density at radius 3 is 2.58 bits per heavy atom. The lowest BCUT2D eigenvalue weighted by molar-refractivity contribution is 0.0798. The predicted molar refractivity (Wildman–Crippen MR) is 75.4 cm³/mol. The van der Waals surface area contributed by atoms with Crippen LogP contribution in [0.25, 0.3) is 0 Å². The van der Waals surface area contributed by atoms with E-state index in [4.69, 9.17) is 30.5 Å². The van der Waals surface area contributed by atoms with Gasteiger partial charge in [0.2, 0.25) is 0 Å². The summed E-state index contributed by atoms with van der Waals surface area (Å²) < 4.78 is 21.3. The minimum Gasteiger partial charge on any atom is -0.493 e. The van der Waals surface area contributed by atoms with Gasteiger partial charge in [-0.1, -0.05) is 12.1 Å². The molecule has 0 aliphatic carbocycles. The van der Waals surface area contributed by atoms with Crippen molar-refractivity contribution in [1.29, 1.82) is 0 Å². The van der Waals surface area contributed by atoms with Crippen molar-refractivity contribution in [3.05, 3.63) is 23.8 Å². The van der Waals surface area contributed by atoms with Crippen LogP contribution in [0.4, 0.5) is 0 Å². The zero-order valence-corrected chi connectivity index (χ0v) is 12.2. The standard InChI is InChI=1S/C14H21ClO4/c1-16-7-4-8-18-9-10-19-14-12(11-15)5-3-6-13(14)17-2/h3,5-6H,4,7-11H2,1-2H3. The fraction of sp³-hybridized carbons (Fsp3) is 0.571. The van der Waals surface area contributed by atoms with Gasteiger partial charge in [0.1, 0.15) is 6.61 Å². The van der Waals surface area contributed by atoms with Gasteiger partial charge in [-0.2, -0.15) is 0 Å². The minimum absolute atomic E-state index is 0.390. The Hall–Kier alpha value is -0.970. The van der Waals surface area contributed by atoms with Crippen molar-refractivity contribution in [2.45, 2.75) is 12.3 Å². The summed E-state index contributed by atoms with van der Waals surface area (Å²) in [7, 11) is 3.29. The van der Waals surface area contributed by atoms with Gasteiger partial charge in [-0.3, -0.25) is 0 Å². The summed E-state index contributed by atoms with van der Waals surface area (Å²) in [5.41, 5.74) is 0.917. The molecule has 0 amide bonds. The second-order valence-corrected chi connectivity index (χ2v) is 4.16. The summed E-state index contributed by atoms with van der Waals surface area (Å²) in [4.78, 5) is 0. The summed E-state index contributed by atoms with van der Waals surface area (Å²) >= 11 is 5.88. The fourth-order valence-electron chi connectivity index (χ4n) is 1.60. The number of hydrogen-bond acceptors (Lipinski definition) is 4. The first-order chi connectivity index (χ1) is 9.33. The Labute approximate surface area is 119 Å². The topological polar surface area (TPSA) is 36.9 Å². The van der Waals surface area contributed by atoms with Crippen molar-refractivity contribution in [3.63, 3.8) is 0 Å². The van der Waals surface area contributed by atoms with E-state index in [0.29, 0.717) is 43.8 Å². The minimum atomic E-state index is 0.390. The molecule has 0 saturated heterocycles. The molecule has 0 spiro atoms. The quantitative estimate of drug-likeness (QED) is 0.490. The summed E-state index contributed by atoms with van der Waals surface area (Å²) in [5, 5.41) is 0. The number of para-hydroxylation sites is 1. The molecule has 0 atom stereocenters. The fourth-order valence-corrected chi connectivity index (χ4v) is 1.81. The third kappa shape index (κ3) is 5.68. The number of methoxy groups -OCH3 is 2. The van der Waals surface area contributed by atoms with E-state index < -0.39 is 0 Å². The smallest absolute Gasteiger partial charge is 0.165 e. The second kappa shape index (κ2) is 9.89. The van der Waals surface area contributed by atoms with Gasteiger partial charge < -0.3 is 18.9 Å². The molecule has 108 valence electrons. The average Bonchev–Trinajstić information content (AvgIpc) is 2.46. The van der Waals surface area contributed by atoms with E-state index in [1.54, 1.807) is 14.2 Å². The molecule has 19 heavy (non-hydrogen) atoms. The second-order valence-electron chi connectivity index (χ2n) is 3.89. The Morgan fingerprint density at radius 2 is 1.89 bits per heavy atom. The van der Waals surface area contributed by atoms with E-state index in [1.165, 1.54) is 0 Å². The van der Waals surface area contributed by atoms with Crippen molar-refractivity contribution in [2.24, 2.45) is 0 Å². The summed E-state index contributed by atoms with van der Waals surface area (Å²) in [5.74, 6) is 1.78. The van der Waals surface area contributed by atoms with Crippen LogP contribution in [0.3, 0.4) is 0 Å². The maximum Gasteiger partial charge on any atom is 0.165 e. The van der Waals surface area contributed by atoms with E-state index in [2.05, 4.69) is 0 Å². The highest BCUT2D eigenvalue weighted by atomic mass is 35.5. The van der Waals surface area contributed by atoms with Gasteiger partial charge in [-0.05, 0) is 12.5 Å². The molecule has 0 radical (unpaired) electrons. The SMILES string of the molecule is COCCCOCCOc1c(CCl)cccc1OC. The largest absolute Gasteiger partial charge is 0.493 e. The van der Waals surface area contributed by atoms with Crippen molar-refractivity contribution < 1.29 is 18.9 Å². The molecule has 0 fully saturated rings. The van der Waals surface area contributed by atoms with Crippen LogP contribution in [0.15, 0.2) is 18.2 Å². The van der Waals surface area contributed by atoms with Crippen molar-refractivity contribution in [1.82, 2.24) is 0 Å². The number of alkyl halides is 1. The van der Waals surface area contributed by atoms with Gasteiger partial charge in [0, 0.05) is 25.9 Å². The molecule has 1 aromatic carbocycles. The Bertz CT molecular complexity index is 335. The molecular formula is C14H21ClO4. The van der Waals surface area contributed by atoms with Gasteiger partial charge in [0.25, 0.3) is 0 Å². The van der Waals surface area contributed by atoms with Crippen LogP contribution in [0, 0.1) is 0 Å². The highest BCUT2D eigenvalue weighted by molar-refractivity contribution is 6.17. The third-order valence-electron chi connectivity index (χ3n) is 2.54. The molecule has 0 unspecified atom stereocenters. The monoisotopic (exact) mass is 288 g/mol. The lowest BCUT2D eigenvalue weighted by atomic mass is 10.2. The molecule has 0 saturated carbocycles. The molecule has 1 rings (SSSR count). The van der Waals surface area contributed by atoms with Crippen molar-refractivity contribution >= 4 is 11.6 Å². The molecule has 5 heteroatoms. The van der Waals surface area contributed by atoms with E-state index >= 15 is 0 Å². The summed E-state index contributed by atoms with van der Waals surface area (Å²) in [6, 6.07) is 5.67. The number of rotatable bonds is 10. The Morgan fingerprint density at radius 1 is 1.05 bits per heavy atom. The summed E-state index contributed by atoms with van der Waals surface area (Å²) in [6.45, 7) is 2.38. The van der Waals surface area contributed by atoms with E-state index in [-0.39, 0.29) is 0 Å². The van der Waals surface area contributed by atoms with E-state index in [9.17, 15) is 0 Å². The molecule has 0 heterocycles. The molecule has 0 N–H and O–H groups in total. The highest BCUT2D eigenvalue weighted by Crippen LogP contribution is 2.31. The molecule has 0 aromatic heterocycles. The molecule has 1 aromatic rings. The average molecular weight is 289 g/mol. The lowest BCUT2D eigenvalue weighted by Gasteiger charge is -2.13. The van der Waals surface area contributed by atoms with Gasteiger partial charge in [0.15, 0.2) is 11.5 Å². The Balaban J connectivity index is 2.35. The molecule has 0 aliphatic heterocycles. The Kier molecular flexibility index (Phi) is 8.38. The first-order valence-electron chi connectivity index (χ1n) is 6.24. The number of ether oxygens (including phenoxy) is 4. The van der Waals surface area contributed by atoms with E-state index in [0.717, 1.165) is 12.0 Å². The molecule has 0 bridgehead atoms. The lowest BCUT2D eigenvalue weighted by Crippen LogP contribution is -2.10. The van der Waals surface area contributed by atoms with Crippen LogP contribution in [0.1, 0.15) is 12.0 Å². The molecule has 0 aliphatic rings. The molecule has 4 nitrogen and oxygen atoms in total. The predicted octanol–water partition coefficient (Wildman–Crippen LogP) is 2.87. The van der Waals surface area contributed by atoms with Crippen LogP contribution in [0.2, 0.25) is 0 Å². The van der Waals surface area contributed by atoms with Crippen molar-refractivity contribution in [2.75, 3.05) is 40.6 Å². The number of halogens is 1. The van der Waals surface area contributed by atoms with Crippen LogP contribution in [-0.4, -0.2) is 40.6 Å². The van der Waals surface area contributed by atoms with Gasteiger partial charge in [-0.25, -0.2) is 0 Å². The number of hydrogen-bond donors (Lipinski definition) is 0. The van der Waals surface area contributed by atoms with E-state index in [1.807, 2.05) is 18.2 Å². The first-order valence-corrected chi connectivity index (χ1v) is 6.78. The van der Waals surface area contributed by atoms with Crippen LogP contribution >= 0.6 is 11.6 Å². The van der Waals surface area contributed by atoms with Crippen LogP contribution in [-0.2, 0) is 15.4 Å². The van der Waals surface area contributed by atoms with Gasteiger partial charge in [0.05, 0.1) is 19.6 Å². The van der Waals surface area contributed by atoms with Crippen LogP contribution < -0.4 is 9.47 Å². The maximum absolute atomic E-state index is 5.88.